The van der Waals surface area contributed by atoms with Gasteiger partial charge in [0.15, 0.2) is 0 Å². The summed E-state index contributed by atoms with van der Waals surface area (Å²) in [6.45, 7) is 0. The zero-order valence-corrected chi connectivity index (χ0v) is 13.0. The average molecular weight is 351 g/mol. The fraction of sp³-hybridized carbons (Fsp3) is 0.0588. The Labute approximate surface area is 140 Å². The monoisotopic (exact) mass is 351 g/mol. The summed E-state index contributed by atoms with van der Waals surface area (Å²) in [6.07, 6.45) is -3.99. The van der Waals surface area contributed by atoms with E-state index in [1.807, 2.05) is 6.07 Å². The number of amides is 2. The van der Waals surface area contributed by atoms with Crippen molar-refractivity contribution < 1.29 is 22.8 Å². The highest BCUT2D eigenvalue weighted by atomic mass is 32.2. The van der Waals surface area contributed by atoms with Gasteiger partial charge < -0.3 is 0 Å². The lowest BCUT2D eigenvalue weighted by Gasteiger charge is -1.97. The van der Waals surface area contributed by atoms with E-state index in [2.05, 4.69) is 5.32 Å². The largest absolute Gasteiger partial charge is 0.410 e. The van der Waals surface area contributed by atoms with E-state index in [9.17, 15) is 22.8 Å². The van der Waals surface area contributed by atoms with E-state index in [0.29, 0.717) is 11.1 Å². The van der Waals surface area contributed by atoms with Crippen molar-refractivity contribution in [2.75, 3.05) is 0 Å². The van der Waals surface area contributed by atoms with Crippen LogP contribution < -0.4 is 5.32 Å². The first kappa shape index (κ1) is 17.8. The molecule has 0 radical (unpaired) electrons. The summed E-state index contributed by atoms with van der Waals surface area (Å²) in [6, 6.07) is 15.6. The number of nitrogens with one attached hydrogen (secondary N) is 1. The van der Waals surface area contributed by atoms with Crippen LogP contribution in [-0.4, -0.2) is 18.0 Å². The van der Waals surface area contributed by atoms with Crippen molar-refractivity contribution in [3.05, 3.63) is 77.2 Å². The van der Waals surface area contributed by atoms with Crippen LogP contribution in [0.5, 0.6) is 0 Å². The Kier molecular flexibility index (Phi) is 5.81. The molecule has 24 heavy (non-hydrogen) atoms. The smallest absolute Gasteiger partial charge is 0.288 e. The summed E-state index contributed by atoms with van der Waals surface area (Å²) in [7, 11) is 0. The van der Waals surface area contributed by atoms with E-state index in [-0.39, 0.29) is 17.9 Å². The van der Waals surface area contributed by atoms with Crippen molar-refractivity contribution in [2.45, 2.75) is 11.1 Å². The minimum atomic E-state index is -4.22. The fourth-order valence-corrected chi connectivity index (χ4v) is 2.50. The molecule has 0 saturated carbocycles. The van der Waals surface area contributed by atoms with Gasteiger partial charge in [-0.15, -0.1) is 0 Å². The highest BCUT2D eigenvalue weighted by molar-refractivity contribution is 8.02. The van der Waals surface area contributed by atoms with Crippen LogP contribution in [0.25, 0.3) is 0 Å². The van der Waals surface area contributed by atoms with Crippen molar-refractivity contribution in [1.82, 2.24) is 5.32 Å². The molecule has 2 aromatic rings. The lowest BCUT2D eigenvalue weighted by molar-refractivity contribution is -0.0796. The SMILES string of the molecule is FC(F)(F)C=CSc1ccccc1.O=C1NC(=O)c2ccccc21. The molecule has 2 amide bonds. The molecule has 0 unspecified atom stereocenters. The van der Waals surface area contributed by atoms with Crippen LogP contribution in [-0.2, 0) is 0 Å². The fourth-order valence-electron chi connectivity index (χ4n) is 1.81. The van der Waals surface area contributed by atoms with Gasteiger partial charge in [-0.3, -0.25) is 14.9 Å². The molecule has 2 aromatic carbocycles. The minimum Gasteiger partial charge on any atom is -0.288 e. The van der Waals surface area contributed by atoms with Gasteiger partial charge in [-0.2, -0.15) is 13.2 Å². The van der Waals surface area contributed by atoms with Crippen LogP contribution in [0.15, 0.2) is 71.0 Å². The van der Waals surface area contributed by atoms with Gasteiger partial charge in [0.25, 0.3) is 11.8 Å². The number of rotatable bonds is 2. The predicted molar refractivity (Wildman–Crippen MR) is 85.7 cm³/mol. The molecular weight excluding hydrogens is 339 g/mol. The van der Waals surface area contributed by atoms with Gasteiger partial charge >= 0.3 is 6.18 Å². The van der Waals surface area contributed by atoms with Gasteiger partial charge in [0, 0.05) is 11.0 Å². The van der Waals surface area contributed by atoms with E-state index in [0.717, 1.165) is 22.1 Å². The topological polar surface area (TPSA) is 46.2 Å². The number of carbonyl (C=O) groups excluding carboxylic acids is 2. The zero-order chi connectivity index (χ0) is 17.6. The first-order valence-electron chi connectivity index (χ1n) is 6.78. The minimum absolute atomic E-state index is 0.227. The molecule has 0 bridgehead atoms. The first-order valence-corrected chi connectivity index (χ1v) is 7.65. The molecule has 0 aliphatic carbocycles. The summed E-state index contributed by atoms with van der Waals surface area (Å²) in [4.78, 5) is 22.7. The Morgan fingerprint density at radius 3 is 1.83 bits per heavy atom. The molecular formula is C17H12F3NO2S. The third-order valence-electron chi connectivity index (χ3n) is 2.85. The summed E-state index contributed by atoms with van der Waals surface area (Å²) < 4.78 is 35.0. The maximum atomic E-state index is 11.7. The molecule has 1 N–H and O–H groups in total. The van der Waals surface area contributed by atoms with E-state index < -0.39 is 6.18 Å². The maximum absolute atomic E-state index is 11.7. The van der Waals surface area contributed by atoms with E-state index in [1.165, 1.54) is 0 Å². The van der Waals surface area contributed by atoms with Crippen LogP contribution in [0.3, 0.4) is 0 Å². The average Bonchev–Trinajstić information content (AvgIpc) is 2.83. The second-order valence-corrected chi connectivity index (χ2v) is 5.58. The Morgan fingerprint density at radius 1 is 0.833 bits per heavy atom. The second-order valence-electron chi connectivity index (χ2n) is 4.60. The molecule has 1 aliphatic rings. The number of benzene rings is 2. The molecule has 0 spiro atoms. The van der Waals surface area contributed by atoms with Crippen LogP contribution in [0.1, 0.15) is 20.7 Å². The van der Waals surface area contributed by atoms with Crippen molar-refractivity contribution in [2.24, 2.45) is 0 Å². The highest BCUT2D eigenvalue weighted by Crippen LogP contribution is 2.23. The van der Waals surface area contributed by atoms with Crippen LogP contribution >= 0.6 is 11.8 Å². The molecule has 0 fully saturated rings. The van der Waals surface area contributed by atoms with Gasteiger partial charge in [-0.05, 0) is 29.7 Å². The molecule has 0 aromatic heterocycles. The van der Waals surface area contributed by atoms with E-state index in [4.69, 9.17) is 0 Å². The van der Waals surface area contributed by atoms with Crippen molar-refractivity contribution >= 4 is 23.6 Å². The lowest BCUT2D eigenvalue weighted by Crippen LogP contribution is -2.19. The number of alkyl halides is 3. The molecule has 0 saturated heterocycles. The van der Waals surface area contributed by atoms with Crippen molar-refractivity contribution in [1.29, 1.82) is 0 Å². The molecule has 7 heteroatoms. The van der Waals surface area contributed by atoms with Gasteiger partial charge in [0.05, 0.1) is 11.1 Å². The molecule has 1 heterocycles. The zero-order valence-electron chi connectivity index (χ0n) is 12.2. The number of thioether (sulfide) groups is 1. The van der Waals surface area contributed by atoms with Crippen LogP contribution in [0.2, 0.25) is 0 Å². The standard InChI is InChI=1S/C9H7F3S.C8H5NO2/c10-9(11,12)6-7-13-8-4-2-1-3-5-8;10-7-5-3-1-2-4-6(5)8(11)9-7/h1-7H;1-4H,(H,9,10,11). The van der Waals surface area contributed by atoms with E-state index in [1.54, 1.807) is 48.5 Å². The summed E-state index contributed by atoms with van der Waals surface area (Å²) in [5.41, 5.74) is 0.940. The molecule has 3 nitrogen and oxygen atoms in total. The van der Waals surface area contributed by atoms with Crippen molar-refractivity contribution in [3.8, 4) is 0 Å². The van der Waals surface area contributed by atoms with Crippen molar-refractivity contribution in [3.63, 3.8) is 0 Å². The Bertz CT molecular complexity index is 725. The molecule has 124 valence electrons. The molecule has 1 aliphatic heterocycles. The maximum Gasteiger partial charge on any atom is 0.410 e. The number of halogens is 3. The Morgan fingerprint density at radius 2 is 1.33 bits per heavy atom. The normalized spacial score (nSPS) is 13.3. The van der Waals surface area contributed by atoms with Crippen LogP contribution in [0.4, 0.5) is 13.2 Å². The third kappa shape index (κ3) is 5.27. The van der Waals surface area contributed by atoms with Gasteiger partial charge in [-0.25, -0.2) is 0 Å². The van der Waals surface area contributed by atoms with E-state index >= 15 is 0 Å². The number of hydrogen-bond donors (Lipinski definition) is 1. The second kappa shape index (κ2) is 7.83. The Balaban J connectivity index is 0.000000175. The van der Waals surface area contributed by atoms with Gasteiger partial charge in [0.2, 0.25) is 0 Å². The number of hydrogen-bond acceptors (Lipinski definition) is 3. The highest BCUT2D eigenvalue weighted by Gasteiger charge is 2.25. The lowest BCUT2D eigenvalue weighted by atomic mass is 10.1. The van der Waals surface area contributed by atoms with Gasteiger partial charge in [-0.1, -0.05) is 42.1 Å². The van der Waals surface area contributed by atoms with Crippen LogP contribution in [0, 0.1) is 0 Å². The third-order valence-corrected chi connectivity index (χ3v) is 3.66. The number of imide groups is 1. The Hall–Kier alpha value is -2.54. The summed E-state index contributed by atoms with van der Waals surface area (Å²) >= 11 is 1.05. The molecule has 3 rings (SSSR count). The summed E-state index contributed by atoms with van der Waals surface area (Å²) in [5, 5.41) is 3.24. The number of allylic oxidation sites excluding steroid dienone is 1. The summed E-state index contributed by atoms with van der Waals surface area (Å²) in [5.74, 6) is -0.601. The first-order chi connectivity index (χ1) is 11.4. The van der Waals surface area contributed by atoms with Gasteiger partial charge in [0.1, 0.15) is 0 Å². The number of fused-ring (bicyclic) bond motifs is 1. The number of carbonyl (C=O) groups is 2. The quantitative estimate of drug-likeness (QED) is 0.643. The predicted octanol–water partition coefficient (Wildman–Crippen LogP) is 4.42. The molecule has 0 atom stereocenters.